The fourth-order valence-corrected chi connectivity index (χ4v) is 1.77. The zero-order valence-corrected chi connectivity index (χ0v) is 8.66. The summed E-state index contributed by atoms with van der Waals surface area (Å²) in [6.07, 6.45) is 0.700. The fourth-order valence-electron chi connectivity index (χ4n) is 1.77. The predicted octanol–water partition coefficient (Wildman–Crippen LogP) is 2.11. The summed E-state index contributed by atoms with van der Waals surface area (Å²) < 4.78 is 5.43. The molecule has 1 N–H and O–H groups in total. The van der Waals surface area contributed by atoms with Gasteiger partial charge in [0.2, 0.25) is 0 Å². The van der Waals surface area contributed by atoms with E-state index < -0.39 is 0 Å². The smallest absolute Gasteiger partial charge is 0.122 e. The Kier molecular flexibility index (Phi) is 2.46. The molecular weight excluding hydrogens is 176 g/mol. The van der Waals surface area contributed by atoms with Crippen molar-refractivity contribution in [1.82, 2.24) is 0 Å². The lowest BCUT2D eigenvalue weighted by Gasteiger charge is -2.15. The van der Waals surface area contributed by atoms with Gasteiger partial charge in [0.1, 0.15) is 5.75 Å². The normalized spacial score (nSPS) is 18.5. The van der Waals surface area contributed by atoms with Gasteiger partial charge in [-0.2, -0.15) is 0 Å². The Morgan fingerprint density at radius 2 is 2.14 bits per heavy atom. The van der Waals surface area contributed by atoms with Crippen LogP contribution in [0, 0.1) is 0 Å². The standard InChI is InChI=1S/C12H16O2/c1-8(9(2)13)10-3-4-12-11(7-10)5-6-14-12/h3-4,7-9,13H,5-6H2,1-2H3. The summed E-state index contributed by atoms with van der Waals surface area (Å²) in [6.45, 7) is 4.67. The van der Waals surface area contributed by atoms with E-state index in [9.17, 15) is 5.11 Å². The van der Waals surface area contributed by atoms with E-state index in [0.29, 0.717) is 0 Å². The molecule has 0 fully saturated rings. The molecule has 2 atom stereocenters. The van der Waals surface area contributed by atoms with Crippen LogP contribution < -0.4 is 4.74 Å². The molecule has 0 bridgehead atoms. The number of hydrogen-bond acceptors (Lipinski definition) is 2. The highest BCUT2D eigenvalue weighted by Gasteiger charge is 2.16. The molecular formula is C12H16O2. The maximum atomic E-state index is 9.49. The van der Waals surface area contributed by atoms with Crippen LogP contribution in [0.25, 0.3) is 0 Å². The summed E-state index contributed by atoms with van der Waals surface area (Å²) in [5.74, 6) is 1.20. The highest BCUT2D eigenvalue weighted by Crippen LogP contribution is 2.29. The monoisotopic (exact) mass is 192 g/mol. The Balaban J connectivity index is 2.28. The topological polar surface area (TPSA) is 29.5 Å². The van der Waals surface area contributed by atoms with E-state index >= 15 is 0 Å². The second kappa shape index (κ2) is 3.62. The molecule has 0 saturated carbocycles. The van der Waals surface area contributed by atoms with Crippen molar-refractivity contribution < 1.29 is 9.84 Å². The van der Waals surface area contributed by atoms with Gasteiger partial charge in [-0.05, 0) is 24.1 Å². The first-order valence-corrected chi connectivity index (χ1v) is 5.12. The van der Waals surface area contributed by atoms with Crippen molar-refractivity contribution in [3.63, 3.8) is 0 Å². The van der Waals surface area contributed by atoms with Gasteiger partial charge in [-0.25, -0.2) is 0 Å². The summed E-state index contributed by atoms with van der Waals surface area (Å²) in [7, 11) is 0. The quantitative estimate of drug-likeness (QED) is 0.777. The summed E-state index contributed by atoms with van der Waals surface area (Å²) in [5.41, 5.74) is 2.47. The molecule has 1 aromatic rings. The van der Waals surface area contributed by atoms with Crippen LogP contribution in [-0.4, -0.2) is 17.8 Å². The lowest BCUT2D eigenvalue weighted by molar-refractivity contribution is 0.169. The summed E-state index contributed by atoms with van der Waals surface area (Å²) >= 11 is 0. The van der Waals surface area contributed by atoms with Gasteiger partial charge in [-0.3, -0.25) is 0 Å². The number of ether oxygens (including phenoxy) is 1. The van der Waals surface area contributed by atoms with Crippen LogP contribution in [0.5, 0.6) is 5.75 Å². The molecule has 2 rings (SSSR count). The highest BCUT2D eigenvalue weighted by atomic mass is 16.5. The zero-order valence-electron chi connectivity index (χ0n) is 8.66. The van der Waals surface area contributed by atoms with Crippen molar-refractivity contribution in [2.24, 2.45) is 0 Å². The van der Waals surface area contributed by atoms with Gasteiger partial charge in [-0.1, -0.05) is 19.1 Å². The third kappa shape index (κ3) is 1.62. The lowest BCUT2D eigenvalue weighted by atomic mass is 9.94. The number of fused-ring (bicyclic) bond motifs is 1. The number of aliphatic hydroxyl groups excluding tert-OH is 1. The Labute approximate surface area is 84.5 Å². The first-order chi connectivity index (χ1) is 6.68. The molecule has 1 aromatic carbocycles. The molecule has 2 nitrogen and oxygen atoms in total. The van der Waals surface area contributed by atoms with Gasteiger partial charge in [0.05, 0.1) is 12.7 Å². The van der Waals surface area contributed by atoms with Crippen molar-refractivity contribution in [2.75, 3.05) is 6.61 Å². The number of hydrogen-bond donors (Lipinski definition) is 1. The van der Waals surface area contributed by atoms with Crippen LogP contribution in [0.3, 0.4) is 0 Å². The zero-order chi connectivity index (χ0) is 10.1. The van der Waals surface area contributed by atoms with Crippen molar-refractivity contribution in [2.45, 2.75) is 32.3 Å². The summed E-state index contributed by atoms with van der Waals surface area (Å²) in [4.78, 5) is 0. The van der Waals surface area contributed by atoms with Crippen LogP contribution >= 0.6 is 0 Å². The van der Waals surface area contributed by atoms with Crippen molar-refractivity contribution in [3.8, 4) is 5.75 Å². The molecule has 0 spiro atoms. The number of aliphatic hydroxyl groups is 1. The van der Waals surface area contributed by atoms with E-state index in [1.165, 1.54) is 11.1 Å². The maximum Gasteiger partial charge on any atom is 0.122 e. The van der Waals surface area contributed by atoms with E-state index in [1.54, 1.807) is 0 Å². The molecule has 14 heavy (non-hydrogen) atoms. The average molecular weight is 192 g/mol. The van der Waals surface area contributed by atoms with Crippen LogP contribution in [0.15, 0.2) is 18.2 Å². The second-order valence-electron chi connectivity index (χ2n) is 3.99. The highest BCUT2D eigenvalue weighted by molar-refractivity contribution is 5.40. The lowest BCUT2D eigenvalue weighted by Crippen LogP contribution is -2.10. The SMILES string of the molecule is CC(O)C(C)c1ccc2c(c1)CCO2. The second-order valence-corrected chi connectivity index (χ2v) is 3.99. The molecule has 0 saturated heterocycles. The van der Waals surface area contributed by atoms with E-state index in [-0.39, 0.29) is 12.0 Å². The van der Waals surface area contributed by atoms with E-state index in [0.717, 1.165) is 18.8 Å². The van der Waals surface area contributed by atoms with Crippen LogP contribution in [0.2, 0.25) is 0 Å². The van der Waals surface area contributed by atoms with E-state index in [1.807, 2.05) is 26.0 Å². The molecule has 76 valence electrons. The van der Waals surface area contributed by atoms with Crippen molar-refractivity contribution in [1.29, 1.82) is 0 Å². The van der Waals surface area contributed by atoms with Crippen molar-refractivity contribution in [3.05, 3.63) is 29.3 Å². The molecule has 1 aliphatic rings. The van der Waals surface area contributed by atoms with Gasteiger partial charge >= 0.3 is 0 Å². The van der Waals surface area contributed by atoms with Gasteiger partial charge in [0.25, 0.3) is 0 Å². The molecule has 2 heteroatoms. The molecule has 0 aliphatic carbocycles. The largest absolute Gasteiger partial charge is 0.493 e. The molecule has 1 aliphatic heterocycles. The van der Waals surface area contributed by atoms with Crippen LogP contribution in [0.4, 0.5) is 0 Å². The summed E-state index contributed by atoms with van der Waals surface area (Å²) in [6, 6.07) is 6.21. The van der Waals surface area contributed by atoms with E-state index in [2.05, 4.69) is 6.07 Å². The minimum atomic E-state index is -0.296. The first kappa shape index (κ1) is 9.53. The third-order valence-electron chi connectivity index (χ3n) is 2.96. The minimum Gasteiger partial charge on any atom is -0.493 e. The Morgan fingerprint density at radius 3 is 2.86 bits per heavy atom. The fraction of sp³-hybridized carbons (Fsp3) is 0.500. The third-order valence-corrected chi connectivity index (χ3v) is 2.96. The molecule has 0 radical (unpaired) electrons. The Bertz CT molecular complexity index is 331. The molecule has 0 aromatic heterocycles. The van der Waals surface area contributed by atoms with E-state index in [4.69, 9.17) is 4.74 Å². The predicted molar refractivity (Wildman–Crippen MR) is 55.7 cm³/mol. The van der Waals surface area contributed by atoms with Gasteiger partial charge < -0.3 is 9.84 Å². The Hall–Kier alpha value is -1.02. The van der Waals surface area contributed by atoms with Crippen LogP contribution in [-0.2, 0) is 6.42 Å². The summed E-state index contributed by atoms with van der Waals surface area (Å²) in [5, 5.41) is 9.49. The van der Waals surface area contributed by atoms with Gasteiger partial charge in [-0.15, -0.1) is 0 Å². The average Bonchev–Trinajstić information content (AvgIpc) is 2.62. The van der Waals surface area contributed by atoms with Crippen LogP contribution in [0.1, 0.15) is 30.9 Å². The minimum absolute atomic E-state index is 0.195. The molecule has 2 unspecified atom stereocenters. The van der Waals surface area contributed by atoms with Gasteiger partial charge in [0.15, 0.2) is 0 Å². The number of rotatable bonds is 2. The Morgan fingerprint density at radius 1 is 1.36 bits per heavy atom. The van der Waals surface area contributed by atoms with Gasteiger partial charge in [0, 0.05) is 12.3 Å². The number of benzene rings is 1. The first-order valence-electron chi connectivity index (χ1n) is 5.12. The molecule has 0 amide bonds. The maximum absolute atomic E-state index is 9.49. The van der Waals surface area contributed by atoms with Crippen molar-refractivity contribution >= 4 is 0 Å². The molecule has 1 heterocycles.